The second-order valence-corrected chi connectivity index (χ2v) is 7.25. The number of hydrogen-bond donors (Lipinski definition) is 1. The molecule has 0 aliphatic rings. The number of nitrogens with one attached hydrogen (secondary N) is 1. The van der Waals surface area contributed by atoms with Crippen molar-refractivity contribution >= 4 is 34.9 Å². The molecule has 0 heterocycles. The Morgan fingerprint density at radius 2 is 1.46 bits per heavy atom. The van der Waals surface area contributed by atoms with Crippen LogP contribution in [0.1, 0.15) is 38.0 Å². The molecule has 0 radical (unpaired) electrons. The minimum atomic E-state index is -0.266. The maximum Gasteiger partial charge on any atom is 0.255 e. The topological polar surface area (TPSA) is 63.2 Å². The predicted octanol–water partition coefficient (Wildman–Crippen LogP) is 5.12. The zero-order valence-corrected chi connectivity index (χ0v) is 16.2. The molecule has 0 fully saturated rings. The summed E-state index contributed by atoms with van der Waals surface area (Å²) >= 11 is 1.39. The molecule has 0 saturated carbocycles. The first-order valence-electron chi connectivity index (χ1n) is 8.76. The van der Waals surface area contributed by atoms with Crippen LogP contribution in [-0.2, 0) is 0 Å². The third-order valence-corrected chi connectivity index (χ3v) is 5.08. The van der Waals surface area contributed by atoms with E-state index in [1.165, 1.54) is 18.7 Å². The van der Waals surface area contributed by atoms with E-state index >= 15 is 0 Å². The van der Waals surface area contributed by atoms with E-state index in [2.05, 4.69) is 5.32 Å². The monoisotopic (exact) mass is 389 g/mol. The van der Waals surface area contributed by atoms with Gasteiger partial charge in [-0.15, -0.1) is 11.8 Å². The highest BCUT2D eigenvalue weighted by Crippen LogP contribution is 2.21. The number of benzene rings is 3. The van der Waals surface area contributed by atoms with E-state index in [-0.39, 0.29) is 17.5 Å². The summed E-state index contributed by atoms with van der Waals surface area (Å²) in [5.74, 6) is 0.0204. The Balaban J connectivity index is 1.65. The molecule has 0 unspecified atom stereocenters. The molecule has 3 rings (SSSR count). The van der Waals surface area contributed by atoms with E-state index in [0.717, 1.165) is 4.90 Å². The molecular formula is C23H19NO3S. The first-order valence-corrected chi connectivity index (χ1v) is 9.75. The summed E-state index contributed by atoms with van der Waals surface area (Å²) in [7, 11) is 0. The highest BCUT2D eigenvalue weighted by molar-refractivity contribution is 8.00. The zero-order valence-electron chi connectivity index (χ0n) is 15.3. The van der Waals surface area contributed by atoms with Crippen LogP contribution >= 0.6 is 11.8 Å². The van der Waals surface area contributed by atoms with Crippen LogP contribution in [0.15, 0.2) is 83.8 Å². The Morgan fingerprint density at radius 3 is 2.21 bits per heavy atom. The van der Waals surface area contributed by atoms with Gasteiger partial charge in [0.15, 0.2) is 11.6 Å². The van der Waals surface area contributed by atoms with E-state index in [9.17, 15) is 14.4 Å². The first-order chi connectivity index (χ1) is 13.5. The summed E-state index contributed by atoms with van der Waals surface area (Å²) in [6, 6.07) is 23.1. The number of carbonyl (C=O) groups excluding carboxylic acids is 3. The molecule has 0 atom stereocenters. The average molecular weight is 389 g/mol. The zero-order chi connectivity index (χ0) is 19.9. The number of carbonyl (C=O) groups is 3. The van der Waals surface area contributed by atoms with Gasteiger partial charge in [-0.3, -0.25) is 14.4 Å². The van der Waals surface area contributed by atoms with Crippen molar-refractivity contribution in [3.63, 3.8) is 0 Å². The highest BCUT2D eigenvalue weighted by atomic mass is 32.2. The molecule has 3 aromatic rings. The second kappa shape index (κ2) is 9.15. The van der Waals surface area contributed by atoms with Gasteiger partial charge < -0.3 is 5.32 Å². The fourth-order valence-electron chi connectivity index (χ4n) is 2.60. The van der Waals surface area contributed by atoms with Gasteiger partial charge >= 0.3 is 0 Å². The molecule has 0 aliphatic carbocycles. The number of hydrogen-bond acceptors (Lipinski definition) is 4. The van der Waals surface area contributed by atoms with Crippen LogP contribution in [0.5, 0.6) is 0 Å². The van der Waals surface area contributed by atoms with Gasteiger partial charge in [0, 0.05) is 27.3 Å². The smallest absolute Gasteiger partial charge is 0.255 e. The molecule has 0 aliphatic heterocycles. The summed E-state index contributed by atoms with van der Waals surface area (Å²) in [6.45, 7) is 1.48. The molecule has 4 nitrogen and oxygen atoms in total. The molecule has 1 N–H and O–H groups in total. The fraction of sp³-hybridized carbons (Fsp3) is 0.0870. The Kier molecular flexibility index (Phi) is 6.40. The van der Waals surface area contributed by atoms with Crippen molar-refractivity contribution in [1.82, 2.24) is 0 Å². The third-order valence-electron chi connectivity index (χ3n) is 4.09. The summed E-state index contributed by atoms with van der Waals surface area (Å²) in [5, 5.41) is 2.80. The van der Waals surface area contributed by atoms with Gasteiger partial charge in [-0.25, -0.2) is 0 Å². The van der Waals surface area contributed by atoms with Crippen LogP contribution in [-0.4, -0.2) is 23.2 Å². The lowest BCUT2D eigenvalue weighted by atomic mass is 10.1. The van der Waals surface area contributed by atoms with E-state index < -0.39 is 0 Å². The van der Waals surface area contributed by atoms with Crippen molar-refractivity contribution in [2.75, 3.05) is 11.1 Å². The van der Waals surface area contributed by atoms with Crippen molar-refractivity contribution in [2.45, 2.75) is 11.8 Å². The van der Waals surface area contributed by atoms with Gasteiger partial charge in [-0.2, -0.15) is 0 Å². The minimum Gasteiger partial charge on any atom is -0.322 e. The average Bonchev–Trinajstić information content (AvgIpc) is 2.73. The van der Waals surface area contributed by atoms with E-state index in [1.54, 1.807) is 54.6 Å². The Bertz CT molecular complexity index is 1020. The Hall–Kier alpha value is -3.18. The maximum atomic E-state index is 12.5. The molecule has 0 aromatic heterocycles. The SMILES string of the molecule is CC(=O)c1cccc(NC(=O)c2cccc(SCC(=O)c3ccccc3)c2)c1. The van der Waals surface area contributed by atoms with Crippen LogP contribution in [0.2, 0.25) is 0 Å². The Morgan fingerprint density at radius 1 is 0.786 bits per heavy atom. The number of rotatable bonds is 7. The summed E-state index contributed by atoms with van der Waals surface area (Å²) in [4.78, 5) is 37.1. The third kappa shape index (κ3) is 5.18. The molecular weight excluding hydrogens is 370 g/mol. The fourth-order valence-corrected chi connectivity index (χ4v) is 3.45. The van der Waals surface area contributed by atoms with E-state index in [4.69, 9.17) is 0 Å². The van der Waals surface area contributed by atoms with Crippen molar-refractivity contribution in [2.24, 2.45) is 0 Å². The van der Waals surface area contributed by atoms with Crippen LogP contribution in [0, 0.1) is 0 Å². The number of amides is 1. The van der Waals surface area contributed by atoms with Gasteiger partial charge in [-0.05, 0) is 37.3 Å². The van der Waals surface area contributed by atoms with E-state index in [1.807, 2.05) is 24.3 Å². The number of thioether (sulfide) groups is 1. The molecule has 0 bridgehead atoms. The van der Waals surface area contributed by atoms with E-state index in [0.29, 0.717) is 28.1 Å². The number of ketones is 2. The molecule has 5 heteroatoms. The van der Waals surface area contributed by atoms with Crippen LogP contribution in [0.25, 0.3) is 0 Å². The normalized spacial score (nSPS) is 10.3. The molecule has 140 valence electrons. The standard InChI is InChI=1S/C23H19NO3S/c1-16(25)18-9-5-11-20(13-18)24-23(27)19-10-6-12-21(14-19)28-15-22(26)17-7-3-2-4-8-17/h2-14H,15H2,1H3,(H,24,27). The van der Waals surface area contributed by atoms with Gasteiger partial charge in [0.2, 0.25) is 0 Å². The predicted molar refractivity (Wildman–Crippen MR) is 112 cm³/mol. The summed E-state index contributed by atoms with van der Waals surface area (Å²) in [5.41, 5.74) is 2.27. The molecule has 1 amide bonds. The molecule has 0 saturated heterocycles. The first kappa shape index (κ1) is 19.6. The molecule has 0 spiro atoms. The van der Waals surface area contributed by atoms with Crippen molar-refractivity contribution in [3.05, 3.63) is 95.6 Å². The van der Waals surface area contributed by atoms with Crippen LogP contribution in [0.3, 0.4) is 0 Å². The van der Waals surface area contributed by atoms with Gasteiger partial charge in [0.25, 0.3) is 5.91 Å². The lowest BCUT2D eigenvalue weighted by Gasteiger charge is -2.08. The maximum absolute atomic E-state index is 12.5. The number of anilines is 1. The summed E-state index contributed by atoms with van der Waals surface area (Å²) < 4.78 is 0. The van der Waals surface area contributed by atoms with Gasteiger partial charge in [-0.1, -0.05) is 48.5 Å². The second-order valence-electron chi connectivity index (χ2n) is 6.20. The minimum absolute atomic E-state index is 0.0431. The highest BCUT2D eigenvalue weighted by Gasteiger charge is 2.10. The van der Waals surface area contributed by atoms with Crippen LogP contribution in [0.4, 0.5) is 5.69 Å². The largest absolute Gasteiger partial charge is 0.322 e. The molecule has 28 heavy (non-hydrogen) atoms. The lowest BCUT2D eigenvalue weighted by Crippen LogP contribution is -2.12. The van der Waals surface area contributed by atoms with Gasteiger partial charge in [0.05, 0.1) is 5.75 Å². The van der Waals surface area contributed by atoms with Crippen molar-refractivity contribution < 1.29 is 14.4 Å². The van der Waals surface area contributed by atoms with Crippen molar-refractivity contribution in [3.8, 4) is 0 Å². The van der Waals surface area contributed by atoms with Gasteiger partial charge in [0.1, 0.15) is 0 Å². The summed E-state index contributed by atoms with van der Waals surface area (Å²) in [6.07, 6.45) is 0. The number of Topliss-reactive ketones (excluding diaryl/α,β-unsaturated/α-hetero) is 2. The van der Waals surface area contributed by atoms with Crippen molar-refractivity contribution in [1.29, 1.82) is 0 Å². The quantitative estimate of drug-likeness (QED) is 0.450. The lowest BCUT2D eigenvalue weighted by molar-refractivity contribution is 0.101. The Labute approximate surface area is 168 Å². The van der Waals surface area contributed by atoms with Crippen LogP contribution < -0.4 is 5.32 Å². The molecule has 3 aromatic carbocycles.